The van der Waals surface area contributed by atoms with E-state index in [0.29, 0.717) is 12.2 Å². The lowest BCUT2D eigenvalue weighted by atomic mass is 10.2. The van der Waals surface area contributed by atoms with Crippen LogP contribution in [0, 0.1) is 0 Å². The molecule has 0 amide bonds. The first-order chi connectivity index (χ1) is 7.11. The molecule has 1 rings (SSSR count). The second-order valence-corrected chi connectivity index (χ2v) is 3.61. The Balaban J connectivity index is 3.03. The summed E-state index contributed by atoms with van der Waals surface area (Å²) in [5.41, 5.74) is 0.357. The smallest absolute Gasteiger partial charge is 0.259 e. The van der Waals surface area contributed by atoms with Gasteiger partial charge in [0.1, 0.15) is 6.04 Å². The van der Waals surface area contributed by atoms with E-state index in [4.69, 9.17) is 11.6 Å². The van der Waals surface area contributed by atoms with Crippen LogP contribution in [0.2, 0.25) is 5.02 Å². The normalized spacial score (nSPS) is 13.5. The number of nitrogens with zero attached hydrogens (tertiary/aromatic N) is 2. The van der Waals surface area contributed by atoms with Crippen molar-refractivity contribution in [1.29, 1.82) is 0 Å². The van der Waals surface area contributed by atoms with Gasteiger partial charge in [0.25, 0.3) is 6.43 Å². The topological polar surface area (TPSA) is 29.9 Å². The highest BCUT2D eigenvalue weighted by Crippen LogP contribution is 2.27. The summed E-state index contributed by atoms with van der Waals surface area (Å²) in [7, 11) is 1.48. The molecule has 0 aliphatic heterocycles. The van der Waals surface area contributed by atoms with Crippen LogP contribution in [0.3, 0.4) is 0 Å². The first kappa shape index (κ1) is 12.4. The molecule has 0 spiro atoms. The zero-order valence-corrected chi connectivity index (χ0v) is 9.43. The van der Waals surface area contributed by atoms with Crippen LogP contribution in [-0.2, 0) is 6.54 Å². The molecule has 0 aliphatic carbocycles. The van der Waals surface area contributed by atoms with Crippen molar-refractivity contribution < 1.29 is 8.78 Å². The van der Waals surface area contributed by atoms with Gasteiger partial charge in [-0.1, -0.05) is 18.5 Å². The van der Waals surface area contributed by atoms with Gasteiger partial charge >= 0.3 is 0 Å². The Morgan fingerprint density at radius 3 is 2.73 bits per heavy atom. The summed E-state index contributed by atoms with van der Waals surface area (Å²) in [6.45, 7) is 2.54. The Kier molecular flexibility index (Phi) is 4.47. The molecule has 1 heterocycles. The van der Waals surface area contributed by atoms with Crippen molar-refractivity contribution in [2.75, 3.05) is 7.05 Å². The molecule has 0 bridgehead atoms. The Bertz CT molecular complexity index is 314. The molecular weight excluding hydrogens is 224 g/mol. The van der Waals surface area contributed by atoms with E-state index >= 15 is 0 Å². The monoisotopic (exact) mass is 237 g/mol. The molecule has 6 heteroatoms. The van der Waals surface area contributed by atoms with E-state index in [-0.39, 0.29) is 5.02 Å². The van der Waals surface area contributed by atoms with Gasteiger partial charge in [0, 0.05) is 6.54 Å². The Morgan fingerprint density at radius 1 is 1.60 bits per heavy atom. The summed E-state index contributed by atoms with van der Waals surface area (Å²) in [5, 5.41) is 6.80. The van der Waals surface area contributed by atoms with Gasteiger partial charge in [0.15, 0.2) is 0 Å². The molecule has 1 aromatic heterocycles. The molecule has 86 valence electrons. The standard InChI is InChI=1S/C9H14ClF2N3/c1-3-4-15-8(6(10)5-14-15)7(13-2)9(11)12/h5,7,9,13H,3-4H2,1-2H3. The fraction of sp³-hybridized carbons (Fsp3) is 0.667. The van der Waals surface area contributed by atoms with Crippen LogP contribution < -0.4 is 5.32 Å². The highest BCUT2D eigenvalue weighted by atomic mass is 35.5. The van der Waals surface area contributed by atoms with E-state index in [1.54, 1.807) is 0 Å². The van der Waals surface area contributed by atoms with Gasteiger partial charge in [-0.3, -0.25) is 4.68 Å². The molecule has 0 aliphatic rings. The van der Waals surface area contributed by atoms with Crippen LogP contribution >= 0.6 is 11.6 Å². The van der Waals surface area contributed by atoms with Crippen molar-refractivity contribution in [3.8, 4) is 0 Å². The Hall–Kier alpha value is -0.680. The van der Waals surface area contributed by atoms with Crippen molar-refractivity contribution in [2.45, 2.75) is 32.4 Å². The first-order valence-electron chi connectivity index (χ1n) is 4.78. The van der Waals surface area contributed by atoms with Crippen molar-refractivity contribution in [2.24, 2.45) is 0 Å². The number of hydrogen-bond donors (Lipinski definition) is 1. The summed E-state index contributed by atoms with van der Waals surface area (Å²) >= 11 is 5.84. The van der Waals surface area contributed by atoms with Gasteiger partial charge in [-0.05, 0) is 13.5 Å². The fourth-order valence-corrected chi connectivity index (χ4v) is 1.71. The lowest BCUT2D eigenvalue weighted by Gasteiger charge is -2.17. The molecular formula is C9H14ClF2N3. The first-order valence-corrected chi connectivity index (χ1v) is 5.16. The van der Waals surface area contributed by atoms with Crippen LogP contribution in [0.15, 0.2) is 6.20 Å². The van der Waals surface area contributed by atoms with Gasteiger partial charge in [0.2, 0.25) is 0 Å². The third-order valence-electron chi connectivity index (χ3n) is 2.13. The fourth-order valence-electron chi connectivity index (χ4n) is 1.45. The van der Waals surface area contributed by atoms with Crippen molar-refractivity contribution in [3.05, 3.63) is 16.9 Å². The number of aryl methyl sites for hydroxylation is 1. The maximum atomic E-state index is 12.7. The van der Waals surface area contributed by atoms with Gasteiger partial charge in [-0.25, -0.2) is 8.78 Å². The molecule has 1 N–H and O–H groups in total. The van der Waals surface area contributed by atoms with Crippen LogP contribution in [0.25, 0.3) is 0 Å². The summed E-state index contributed by atoms with van der Waals surface area (Å²) in [4.78, 5) is 0. The molecule has 1 atom stereocenters. The number of nitrogens with one attached hydrogen (secondary N) is 1. The van der Waals surface area contributed by atoms with Gasteiger partial charge in [-0.2, -0.15) is 5.10 Å². The van der Waals surface area contributed by atoms with Crippen LogP contribution in [0.5, 0.6) is 0 Å². The number of alkyl halides is 2. The van der Waals surface area contributed by atoms with Crippen molar-refractivity contribution in [1.82, 2.24) is 15.1 Å². The largest absolute Gasteiger partial charge is 0.307 e. The van der Waals surface area contributed by atoms with Gasteiger partial charge in [0.05, 0.1) is 16.9 Å². The van der Waals surface area contributed by atoms with Crippen LogP contribution in [0.4, 0.5) is 8.78 Å². The Morgan fingerprint density at radius 2 is 2.27 bits per heavy atom. The number of halogens is 3. The minimum Gasteiger partial charge on any atom is -0.307 e. The quantitative estimate of drug-likeness (QED) is 0.853. The lowest BCUT2D eigenvalue weighted by Crippen LogP contribution is -2.27. The molecule has 3 nitrogen and oxygen atoms in total. The van der Waals surface area contributed by atoms with Crippen molar-refractivity contribution >= 4 is 11.6 Å². The Labute approximate surface area is 92.4 Å². The predicted octanol–water partition coefficient (Wildman–Crippen LogP) is 2.47. The number of hydrogen-bond acceptors (Lipinski definition) is 2. The molecule has 0 aromatic carbocycles. The molecule has 0 saturated heterocycles. The SMILES string of the molecule is CCCn1ncc(Cl)c1C(NC)C(F)F. The summed E-state index contributed by atoms with van der Waals surface area (Å²) in [6, 6.07) is -1.06. The maximum absolute atomic E-state index is 12.7. The van der Waals surface area contributed by atoms with Crippen molar-refractivity contribution in [3.63, 3.8) is 0 Å². The van der Waals surface area contributed by atoms with E-state index < -0.39 is 12.5 Å². The zero-order valence-electron chi connectivity index (χ0n) is 8.67. The maximum Gasteiger partial charge on any atom is 0.259 e. The van der Waals surface area contributed by atoms with Crippen LogP contribution in [0.1, 0.15) is 25.1 Å². The van der Waals surface area contributed by atoms with Gasteiger partial charge < -0.3 is 5.32 Å². The summed E-state index contributed by atoms with van der Waals surface area (Å²) < 4.78 is 26.9. The predicted molar refractivity (Wildman–Crippen MR) is 55.3 cm³/mol. The molecule has 0 fully saturated rings. The second-order valence-electron chi connectivity index (χ2n) is 3.20. The zero-order chi connectivity index (χ0) is 11.4. The number of aromatic nitrogens is 2. The summed E-state index contributed by atoms with van der Waals surface area (Å²) in [5.74, 6) is 0. The lowest BCUT2D eigenvalue weighted by molar-refractivity contribution is 0.0980. The molecule has 15 heavy (non-hydrogen) atoms. The third kappa shape index (κ3) is 2.66. The third-order valence-corrected chi connectivity index (χ3v) is 2.42. The minimum atomic E-state index is -2.50. The average Bonchev–Trinajstić information content (AvgIpc) is 2.51. The molecule has 1 aromatic rings. The van der Waals surface area contributed by atoms with E-state index in [0.717, 1.165) is 6.42 Å². The van der Waals surface area contributed by atoms with E-state index in [1.165, 1.54) is 17.9 Å². The summed E-state index contributed by atoms with van der Waals surface area (Å²) in [6.07, 6.45) is -0.274. The highest BCUT2D eigenvalue weighted by Gasteiger charge is 2.26. The molecule has 1 unspecified atom stereocenters. The molecule has 0 radical (unpaired) electrons. The average molecular weight is 238 g/mol. The number of rotatable bonds is 5. The minimum absolute atomic E-state index is 0.281. The molecule has 0 saturated carbocycles. The second kappa shape index (κ2) is 5.42. The van der Waals surface area contributed by atoms with E-state index in [9.17, 15) is 8.78 Å². The highest BCUT2D eigenvalue weighted by molar-refractivity contribution is 6.31. The van der Waals surface area contributed by atoms with E-state index in [2.05, 4.69) is 10.4 Å². The van der Waals surface area contributed by atoms with Gasteiger partial charge in [-0.15, -0.1) is 0 Å². The van der Waals surface area contributed by atoms with E-state index in [1.807, 2.05) is 6.92 Å². The van der Waals surface area contributed by atoms with Crippen LogP contribution in [-0.4, -0.2) is 23.3 Å².